The molecule has 2 aliphatic heterocycles. The first-order valence-electron chi connectivity index (χ1n) is 14.7. The number of hydrogen-bond acceptors (Lipinski definition) is 4. The molecule has 0 bridgehead atoms. The maximum absolute atomic E-state index is 6.06. The molecule has 0 aromatic heterocycles. The van der Waals surface area contributed by atoms with Crippen molar-refractivity contribution in [1.29, 1.82) is 0 Å². The minimum absolute atomic E-state index is 0.0279. The van der Waals surface area contributed by atoms with Gasteiger partial charge in [-0.1, -0.05) is 117 Å². The van der Waals surface area contributed by atoms with Gasteiger partial charge in [-0.15, -0.1) is 0 Å². The Balaban J connectivity index is 1.41. The summed E-state index contributed by atoms with van der Waals surface area (Å²) in [5.74, 6) is 0. The van der Waals surface area contributed by atoms with E-state index < -0.39 is 0 Å². The van der Waals surface area contributed by atoms with Crippen molar-refractivity contribution in [3.63, 3.8) is 0 Å². The van der Waals surface area contributed by atoms with E-state index in [0.29, 0.717) is 26.4 Å². The molecule has 33 heavy (non-hydrogen) atoms. The standard InChI is InChI=1S/C29H56O4/c1-3-5-7-9-11-13-15-17-19-21-27-30-23-29(24-31-27)25-32-28(33-26-29)22-20-18-16-14-12-10-8-6-4-2/h27-28H,3-26H2,1-2H3. The minimum atomic E-state index is -0.0933. The van der Waals surface area contributed by atoms with Crippen molar-refractivity contribution in [2.75, 3.05) is 26.4 Å². The van der Waals surface area contributed by atoms with Crippen LogP contribution in [-0.2, 0) is 18.9 Å². The topological polar surface area (TPSA) is 36.9 Å². The van der Waals surface area contributed by atoms with E-state index in [4.69, 9.17) is 18.9 Å². The van der Waals surface area contributed by atoms with E-state index in [-0.39, 0.29) is 18.0 Å². The lowest BCUT2D eigenvalue weighted by molar-refractivity contribution is -0.304. The van der Waals surface area contributed by atoms with Crippen LogP contribution in [0.3, 0.4) is 0 Å². The lowest BCUT2D eigenvalue weighted by atomic mass is 9.90. The Morgan fingerprint density at radius 1 is 0.424 bits per heavy atom. The molecule has 0 aliphatic carbocycles. The van der Waals surface area contributed by atoms with Crippen LogP contribution in [0.1, 0.15) is 142 Å². The van der Waals surface area contributed by atoms with Crippen LogP contribution in [0.25, 0.3) is 0 Å². The predicted octanol–water partition coefficient (Wildman–Crippen LogP) is 8.56. The smallest absolute Gasteiger partial charge is 0.157 e. The lowest BCUT2D eigenvalue weighted by Gasteiger charge is -2.43. The highest BCUT2D eigenvalue weighted by atomic mass is 16.7. The van der Waals surface area contributed by atoms with Crippen molar-refractivity contribution in [1.82, 2.24) is 0 Å². The summed E-state index contributed by atoms with van der Waals surface area (Å²) in [7, 11) is 0. The third kappa shape index (κ3) is 13.5. The molecule has 0 amide bonds. The second-order valence-corrected chi connectivity index (χ2v) is 10.8. The summed E-state index contributed by atoms with van der Waals surface area (Å²) < 4.78 is 24.2. The SMILES string of the molecule is CCCCCCCCCCCC1OCC2(CO1)COC(CCCCCCCCCCC)OC2. The summed E-state index contributed by atoms with van der Waals surface area (Å²) in [5, 5.41) is 0. The Morgan fingerprint density at radius 3 is 1.00 bits per heavy atom. The van der Waals surface area contributed by atoms with Gasteiger partial charge in [-0.2, -0.15) is 0 Å². The zero-order valence-corrected chi connectivity index (χ0v) is 22.3. The van der Waals surface area contributed by atoms with Crippen molar-refractivity contribution in [3.05, 3.63) is 0 Å². The third-order valence-electron chi connectivity index (χ3n) is 7.39. The summed E-state index contributed by atoms with van der Waals surface area (Å²) in [6.45, 7) is 7.39. The van der Waals surface area contributed by atoms with E-state index in [1.807, 2.05) is 0 Å². The molecule has 2 rings (SSSR count). The average molecular weight is 469 g/mol. The summed E-state index contributed by atoms with van der Waals surface area (Å²) in [6.07, 6.45) is 26.4. The highest BCUT2D eigenvalue weighted by Crippen LogP contribution is 2.32. The molecule has 4 nitrogen and oxygen atoms in total. The van der Waals surface area contributed by atoms with Crippen LogP contribution >= 0.6 is 0 Å². The number of rotatable bonds is 20. The Labute approximate surface area is 205 Å². The van der Waals surface area contributed by atoms with E-state index in [0.717, 1.165) is 12.8 Å². The molecule has 1 spiro atoms. The van der Waals surface area contributed by atoms with Gasteiger partial charge in [0, 0.05) is 0 Å². The van der Waals surface area contributed by atoms with E-state index in [1.54, 1.807) is 0 Å². The molecule has 2 heterocycles. The van der Waals surface area contributed by atoms with Crippen LogP contribution in [0.2, 0.25) is 0 Å². The summed E-state index contributed by atoms with van der Waals surface area (Å²) in [4.78, 5) is 0. The Morgan fingerprint density at radius 2 is 0.697 bits per heavy atom. The maximum atomic E-state index is 6.06. The van der Waals surface area contributed by atoms with Gasteiger partial charge in [0.15, 0.2) is 12.6 Å². The average Bonchev–Trinajstić information content (AvgIpc) is 2.84. The summed E-state index contributed by atoms with van der Waals surface area (Å²) >= 11 is 0. The van der Waals surface area contributed by atoms with Crippen molar-refractivity contribution < 1.29 is 18.9 Å². The molecule has 0 atom stereocenters. The molecule has 0 aromatic rings. The molecule has 0 aromatic carbocycles. The van der Waals surface area contributed by atoms with E-state index in [1.165, 1.54) is 116 Å². The summed E-state index contributed by atoms with van der Waals surface area (Å²) in [5.41, 5.74) is -0.0933. The van der Waals surface area contributed by atoms with Crippen molar-refractivity contribution in [2.24, 2.45) is 5.41 Å². The number of ether oxygens (including phenoxy) is 4. The molecular formula is C29H56O4. The zero-order chi connectivity index (χ0) is 23.5. The van der Waals surface area contributed by atoms with Crippen LogP contribution in [0.4, 0.5) is 0 Å². The normalized spacial score (nSPS) is 25.6. The van der Waals surface area contributed by atoms with Crippen molar-refractivity contribution in [3.8, 4) is 0 Å². The van der Waals surface area contributed by atoms with Crippen LogP contribution in [0.15, 0.2) is 0 Å². The molecule has 2 fully saturated rings. The first-order valence-corrected chi connectivity index (χ1v) is 14.7. The fraction of sp³-hybridized carbons (Fsp3) is 1.00. The van der Waals surface area contributed by atoms with Gasteiger partial charge in [-0.05, 0) is 25.7 Å². The van der Waals surface area contributed by atoms with Gasteiger partial charge in [0.1, 0.15) is 0 Å². The second-order valence-electron chi connectivity index (χ2n) is 10.8. The maximum Gasteiger partial charge on any atom is 0.157 e. The third-order valence-corrected chi connectivity index (χ3v) is 7.39. The van der Waals surface area contributed by atoms with Gasteiger partial charge >= 0.3 is 0 Å². The number of hydrogen-bond donors (Lipinski definition) is 0. The van der Waals surface area contributed by atoms with E-state index in [9.17, 15) is 0 Å². The van der Waals surface area contributed by atoms with Gasteiger partial charge in [0.05, 0.1) is 31.8 Å². The molecule has 0 radical (unpaired) electrons. The van der Waals surface area contributed by atoms with Gasteiger partial charge in [0.2, 0.25) is 0 Å². The largest absolute Gasteiger partial charge is 0.352 e. The van der Waals surface area contributed by atoms with Gasteiger partial charge in [-0.25, -0.2) is 0 Å². The Bertz CT molecular complexity index is 382. The van der Waals surface area contributed by atoms with Crippen LogP contribution in [0.5, 0.6) is 0 Å². The molecule has 0 unspecified atom stereocenters. The molecular weight excluding hydrogens is 412 g/mol. The van der Waals surface area contributed by atoms with Crippen LogP contribution in [0, 0.1) is 5.41 Å². The minimum Gasteiger partial charge on any atom is -0.352 e. The van der Waals surface area contributed by atoms with Crippen LogP contribution < -0.4 is 0 Å². The Kier molecular flexibility index (Phi) is 16.8. The molecule has 196 valence electrons. The second kappa shape index (κ2) is 19.1. The van der Waals surface area contributed by atoms with E-state index >= 15 is 0 Å². The van der Waals surface area contributed by atoms with Crippen molar-refractivity contribution >= 4 is 0 Å². The quantitative estimate of drug-likeness (QED) is 0.168. The molecule has 2 aliphatic rings. The molecule has 0 N–H and O–H groups in total. The monoisotopic (exact) mass is 468 g/mol. The molecule has 4 heteroatoms. The van der Waals surface area contributed by atoms with Crippen molar-refractivity contribution in [2.45, 2.75) is 155 Å². The predicted molar refractivity (Wildman–Crippen MR) is 138 cm³/mol. The summed E-state index contributed by atoms with van der Waals surface area (Å²) in [6, 6.07) is 0. The van der Waals surface area contributed by atoms with Crippen LogP contribution in [-0.4, -0.2) is 39.0 Å². The first-order chi connectivity index (χ1) is 16.3. The fourth-order valence-electron chi connectivity index (χ4n) is 5.00. The van der Waals surface area contributed by atoms with E-state index in [2.05, 4.69) is 13.8 Å². The molecule has 2 saturated heterocycles. The Hall–Kier alpha value is -0.160. The van der Waals surface area contributed by atoms with Gasteiger partial charge in [0.25, 0.3) is 0 Å². The first kappa shape index (κ1) is 29.1. The number of unbranched alkanes of at least 4 members (excludes halogenated alkanes) is 16. The zero-order valence-electron chi connectivity index (χ0n) is 22.3. The highest BCUT2D eigenvalue weighted by molar-refractivity contribution is 4.84. The van der Waals surface area contributed by atoms with Gasteiger partial charge < -0.3 is 18.9 Å². The highest BCUT2D eigenvalue weighted by Gasteiger charge is 2.41. The fourth-order valence-corrected chi connectivity index (χ4v) is 5.00. The molecule has 0 saturated carbocycles. The van der Waals surface area contributed by atoms with Gasteiger partial charge in [-0.3, -0.25) is 0 Å². The lowest BCUT2D eigenvalue weighted by Crippen LogP contribution is -2.52.